The van der Waals surface area contributed by atoms with Crippen molar-refractivity contribution in [2.75, 3.05) is 18.0 Å². The Balaban J connectivity index is 2.48. The maximum Gasteiger partial charge on any atom is 0.416 e. The smallest absolute Gasteiger partial charge is 0.371 e. The second-order valence-electron chi connectivity index (χ2n) is 4.05. The molecule has 92 valence electrons. The number of hydrogen-bond donors (Lipinski definition) is 0. The Labute approximate surface area is 97.0 Å². The van der Waals surface area contributed by atoms with Crippen LogP contribution in [0.3, 0.4) is 0 Å². The predicted molar refractivity (Wildman–Crippen MR) is 58.1 cm³/mol. The monoisotopic (exact) mass is 243 g/mol. The lowest BCUT2D eigenvalue weighted by Crippen LogP contribution is -2.21. The Morgan fingerprint density at radius 3 is 2.71 bits per heavy atom. The highest BCUT2D eigenvalue weighted by atomic mass is 19.4. The molecule has 1 unspecified atom stereocenters. The summed E-state index contributed by atoms with van der Waals surface area (Å²) in [6, 6.07) is 3.60. The summed E-state index contributed by atoms with van der Waals surface area (Å²) in [5.74, 6) is -0.452. The largest absolute Gasteiger partial charge is 0.416 e. The molecule has 1 aliphatic rings. The molecule has 2 nitrogen and oxygen atoms in total. The van der Waals surface area contributed by atoms with Gasteiger partial charge in [-0.05, 0) is 30.7 Å². The molecule has 17 heavy (non-hydrogen) atoms. The van der Waals surface area contributed by atoms with Crippen LogP contribution < -0.4 is 4.90 Å². The van der Waals surface area contributed by atoms with E-state index in [0.29, 0.717) is 24.9 Å². The van der Waals surface area contributed by atoms with Gasteiger partial charge in [-0.25, -0.2) is 0 Å². The summed E-state index contributed by atoms with van der Waals surface area (Å²) < 4.78 is 37.7. The molecule has 0 aromatic heterocycles. The average molecular weight is 243 g/mol. The van der Waals surface area contributed by atoms with E-state index in [1.165, 1.54) is 6.07 Å². The first-order valence-electron chi connectivity index (χ1n) is 5.38. The van der Waals surface area contributed by atoms with Gasteiger partial charge in [-0.1, -0.05) is 0 Å². The Bertz CT molecular complexity index is 442. The first-order valence-corrected chi connectivity index (χ1v) is 5.38. The summed E-state index contributed by atoms with van der Waals surface area (Å²) in [7, 11) is 0. The number of likely N-dealkylation sites (N-methyl/N-ethyl adjacent to an activating group) is 1. The van der Waals surface area contributed by atoms with Crippen LogP contribution in [0.4, 0.5) is 18.9 Å². The molecule has 0 amide bonds. The van der Waals surface area contributed by atoms with Gasteiger partial charge in [0.15, 0.2) is 0 Å². The van der Waals surface area contributed by atoms with Crippen molar-refractivity contribution in [2.24, 2.45) is 0 Å². The van der Waals surface area contributed by atoms with Crippen LogP contribution in [0.1, 0.15) is 24.0 Å². The van der Waals surface area contributed by atoms with Gasteiger partial charge < -0.3 is 9.69 Å². The normalized spacial score (nSPS) is 19.3. The summed E-state index contributed by atoms with van der Waals surface area (Å²) in [5.41, 5.74) is 0.523. The third-order valence-electron chi connectivity index (χ3n) is 3.06. The summed E-state index contributed by atoms with van der Waals surface area (Å²) in [6.45, 7) is 3.06. The maximum atomic E-state index is 12.6. The van der Waals surface area contributed by atoms with Crippen LogP contribution in [0.5, 0.6) is 0 Å². The SMILES string of the molecule is CCN1CC(C=O)c2cc(C(F)(F)F)ccc21. The molecule has 0 aliphatic carbocycles. The van der Waals surface area contributed by atoms with Crippen molar-refractivity contribution in [2.45, 2.75) is 19.0 Å². The number of rotatable bonds is 2. The molecule has 0 N–H and O–H groups in total. The zero-order chi connectivity index (χ0) is 12.6. The molecule has 0 radical (unpaired) electrons. The van der Waals surface area contributed by atoms with Gasteiger partial charge in [0.2, 0.25) is 0 Å². The van der Waals surface area contributed by atoms with Gasteiger partial charge in [0, 0.05) is 18.8 Å². The number of benzene rings is 1. The molecule has 0 saturated carbocycles. The van der Waals surface area contributed by atoms with E-state index in [1.807, 2.05) is 11.8 Å². The van der Waals surface area contributed by atoms with Crippen LogP contribution in [0.25, 0.3) is 0 Å². The Kier molecular flexibility index (Phi) is 2.85. The van der Waals surface area contributed by atoms with Crippen LogP contribution in [0.15, 0.2) is 18.2 Å². The first kappa shape index (κ1) is 12.0. The van der Waals surface area contributed by atoms with E-state index in [-0.39, 0.29) is 0 Å². The third-order valence-corrected chi connectivity index (χ3v) is 3.06. The molecule has 1 atom stereocenters. The average Bonchev–Trinajstić information content (AvgIpc) is 2.64. The summed E-state index contributed by atoms with van der Waals surface area (Å²) in [4.78, 5) is 12.8. The Hall–Kier alpha value is -1.52. The lowest BCUT2D eigenvalue weighted by molar-refractivity contribution is -0.137. The van der Waals surface area contributed by atoms with E-state index in [4.69, 9.17) is 0 Å². The number of carbonyl (C=O) groups excluding carboxylic acids is 1. The molecular weight excluding hydrogens is 231 g/mol. The molecule has 0 bridgehead atoms. The predicted octanol–water partition coefficient (Wildman–Crippen LogP) is 2.83. The third kappa shape index (κ3) is 2.01. The van der Waals surface area contributed by atoms with E-state index < -0.39 is 17.7 Å². The molecule has 0 fully saturated rings. The van der Waals surface area contributed by atoms with Gasteiger partial charge in [0.1, 0.15) is 6.29 Å². The number of fused-ring (bicyclic) bond motifs is 1. The quantitative estimate of drug-likeness (QED) is 0.744. The van der Waals surface area contributed by atoms with Crippen molar-refractivity contribution in [3.63, 3.8) is 0 Å². The van der Waals surface area contributed by atoms with Crippen LogP contribution >= 0.6 is 0 Å². The van der Waals surface area contributed by atoms with Crippen LogP contribution in [-0.4, -0.2) is 19.4 Å². The Morgan fingerprint density at radius 2 is 2.18 bits per heavy atom. The molecule has 1 aromatic rings. The van der Waals surface area contributed by atoms with Crippen LogP contribution in [-0.2, 0) is 11.0 Å². The highest BCUT2D eigenvalue weighted by molar-refractivity contribution is 5.74. The fraction of sp³-hybridized carbons (Fsp3) is 0.417. The topological polar surface area (TPSA) is 20.3 Å². The van der Waals surface area contributed by atoms with E-state index in [1.54, 1.807) is 0 Å². The number of hydrogen-bond acceptors (Lipinski definition) is 2. The second kappa shape index (κ2) is 4.05. The Morgan fingerprint density at radius 1 is 1.47 bits per heavy atom. The maximum absolute atomic E-state index is 12.6. The molecular formula is C12H12F3NO. The van der Waals surface area contributed by atoms with Crippen molar-refractivity contribution in [3.05, 3.63) is 29.3 Å². The van der Waals surface area contributed by atoms with E-state index >= 15 is 0 Å². The first-order chi connectivity index (χ1) is 7.97. The van der Waals surface area contributed by atoms with Gasteiger partial charge in [-0.15, -0.1) is 0 Å². The van der Waals surface area contributed by atoms with E-state index in [9.17, 15) is 18.0 Å². The van der Waals surface area contributed by atoms with Crippen molar-refractivity contribution in [1.82, 2.24) is 0 Å². The van der Waals surface area contributed by atoms with Gasteiger partial charge in [0.25, 0.3) is 0 Å². The minimum atomic E-state index is -4.36. The molecule has 5 heteroatoms. The second-order valence-corrected chi connectivity index (χ2v) is 4.05. The molecule has 2 rings (SSSR count). The number of alkyl halides is 3. The fourth-order valence-corrected chi connectivity index (χ4v) is 2.17. The zero-order valence-corrected chi connectivity index (χ0v) is 9.29. The van der Waals surface area contributed by atoms with Gasteiger partial charge in [-0.2, -0.15) is 13.2 Å². The minimum absolute atomic E-state index is 0.452. The lowest BCUT2D eigenvalue weighted by atomic mass is 10.0. The summed E-state index contributed by atoms with van der Waals surface area (Å²) in [5, 5.41) is 0. The van der Waals surface area contributed by atoms with E-state index in [0.717, 1.165) is 17.8 Å². The van der Waals surface area contributed by atoms with Gasteiger partial charge in [0.05, 0.1) is 11.5 Å². The van der Waals surface area contributed by atoms with Crippen LogP contribution in [0.2, 0.25) is 0 Å². The minimum Gasteiger partial charge on any atom is -0.371 e. The van der Waals surface area contributed by atoms with Gasteiger partial charge in [-0.3, -0.25) is 0 Å². The highest BCUT2D eigenvalue weighted by Gasteiger charge is 2.34. The van der Waals surface area contributed by atoms with Crippen molar-refractivity contribution in [3.8, 4) is 0 Å². The summed E-state index contributed by atoms with van der Waals surface area (Å²) in [6.07, 6.45) is -3.64. The number of halogens is 3. The highest BCUT2D eigenvalue weighted by Crippen LogP contribution is 2.39. The van der Waals surface area contributed by atoms with Gasteiger partial charge >= 0.3 is 6.18 Å². The summed E-state index contributed by atoms with van der Waals surface area (Å²) >= 11 is 0. The molecule has 0 spiro atoms. The molecule has 1 aliphatic heterocycles. The molecule has 1 heterocycles. The fourth-order valence-electron chi connectivity index (χ4n) is 2.17. The van der Waals surface area contributed by atoms with E-state index in [2.05, 4.69) is 0 Å². The van der Waals surface area contributed by atoms with Crippen molar-refractivity contribution < 1.29 is 18.0 Å². The lowest BCUT2D eigenvalue weighted by Gasteiger charge is -2.17. The zero-order valence-electron chi connectivity index (χ0n) is 9.29. The van der Waals surface area contributed by atoms with Crippen molar-refractivity contribution in [1.29, 1.82) is 0 Å². The standard InChI is InChI=1S/C12H12F3NO/c1-2-16-6-8(7-17)10-5-9(12(13,14)15)3-4-11(10)16/h3-5,7-8H,2,6H2,1H3. The van der Waals surface area contributed by atoms with Crippen LogP contribution in [0, 0.1) is 0 Å². The molecule has 0 saturated heterocycles. The number of aldehydes is 1. The number of carbonyl (C=O) groups is 1. The number of nitrogens with zero attached hydrogens (tertiary/aromatic N) is 1. The van der Waals surface area contributed by atoms with Crippen molar-refractivity contribution >= 4 is 12.0 Å². The molecule has 1 aromatic carbocycles. The number of anilines is 1.